The minimum Gasteiger partial charge on any atom is -0.444 e. The Hall–Kier alpha value is -1.73. The fourth-order valence-electron chi connectivity index (χ4n) is 5.27. The molecule has 3 saturated heterocycles. The fraction of sp³-hybridized carbons (Fsp3) is 0.708. The molecule has 172 valence electrons. The van der Waals surface area contributed by atoms with Crippen molar-refractivity contribution in [2.75, 3.05) is 39.3 Å². The second-order valence-electron chi connectivity index (χ2n) is 10.6. The smallest absolute Gasteiger partial charge is 0.410 e. The molecule has 31 heavy (non-hydrogen) atoms. The van der Waals surface area contributed by atoms with Crippen molar-refractivity contribution in [3.63, 3.8) is 0 Å². The van der Waals surface area contributed by atoms with Crippen molar-refractivity contribution in [1.82, 2.24) is 14.7 Å². The SMILES string of the molecule is CC(C)(C)OC(=O)N1CC2(CCN(C3CCN(Cc4ccccc4)CC3(F)F)CC2)C1. The summed E-state index contributed by atoms with van der Waals surface area (Å²) in [5, 5.41) is 0. The molecule has 1 aromatic rings. The molecule has 7 heteroatoms. The van der Waals surface area contributed by atoms with E-state index in [1.165, 1.54) is 0 Å². The normalized spacial score (nSPS) is 26.5. The molecular weight excluding hydrogens is 400 g/mol. The van der Waals surface area contributed by atoms with Crippen molar-refractivity contribution in [3.8, 4) is 0 Å². The first kappa shape index (κ1) is 22.5. The zero-order chi connectivity index (χ0) is 22.3. The fourth-order valence-corrected chi connectivity index (χ4v) is 5.27. The van der Waals surface area contributed by atoms with Gasteiger partial charge in [0.15, 0.2) is 0 Å². The number of alkyl halides is 2. The topological polar surface area (TPSA) is 36.0 Å². The Morgan fingerprint density at radius 2 is 1.71 bits per heavy atom. The number of ether oxygens (including phenoxy) is 1. The number of piperidine rings is 2. The van der Waals surface area contributed by atoms with E-state index in [-0.39, 0.29) is 18.1 Å². The lowest BCUT2D eigenvalue weighted by Gasteiger charge is -2.55. The van der Waals surface area contributed by atoms with Crippen LogP contribution in [-0.4, -0.2) is 77.6 Å². The molecule has 1 amide bonds. The second kappa shape index (κ2) is 8.32. The van der Waals surface area contributed by atoms with E-state index in [1.807, 2.05) is 60.9 Å². The number of likely N-dealkylation sites (tertiary alicyclic amines) is 3. The average molecular weight is 436 g/mol. The van der Waals surface area contributed by atoms with Gasteiger partial charge in [-0.3, -0.25) is 9.80 Å². The van der Waals surface area contributed by atoms with E-state index in [1.54, 1.807) is 4.90 Å². The molecule has 0 aromatic heterocycles. The molecule has 3 heterocycles. The van der Waals surface area contributed by atoms with Crippen LogP contribution >= 0.6 is 0 Å². The first-order valence-corrected chi connectivity index (χ1v) is 11.4. The van der Waals surface area contributed by atoms with Gasteiger partial charge in [0.05, 0.1) is 12.6 Å². The van der Waals surface area contributed by atoms with Gasteiger partial charge in [-0.1, -0.05) is 30.3 Å². The van der Waals surface area contributed by atoms with Gasteiger partial charge in [-0.15, -0.1) is 0 Å². The van der Waals surface area contributed by atoms with Gasteiger partial charge in [0.1, 0.15) is 5.60 Å². The molecule has 0 N–H and O–H groups in total. The maximum atomic E-state index is 15.1. The molecule has 1 aromatic carbocycles. The number of carbonyl (C=O) groups is 1. The van der Waals surface area contributed by atoms with Crippen LogP contribution in [0.15, 0.2) is 30.3 Å². The highest BCUT2D eigenvalue weighted by atomic mass is 19.3. The Bertz CT molecular complexity index is 765. The lowest BCUT2D eigenvalue weighted by atomic mass is 9.71. The van der Waals surface area contributed by atoms with Crippen molar-refractivity contribution in [2.24, 2.45) is 5.41 Å². The van der Waals surface area contributed by atoms with Crippen molar-refractivity contribution in [3.05, 3.63) is 35.9 Å². The molecule has 3 aliphatic rings. The molecule has 3 aliphatic heterocycles. The van der Waals surface area contributed by atoms with Crippen LogP contribution in [0.4, 0.5) is 13.6 Å². The number of benzene rings is 1. The number of carbonyl (C=O) groups excluding carboxylic acids is 1. The van der Waals surface area contributed by atoms with E-state index in [4.69, 9.17) is 4.74 Å². The van der Waals surface area contributed by atoms with Crippen molar-refractivity contribution in [2.45, 2.75) is 64.1 Å². The van der Waals surface area contributed by atoms with E-state index >= 15 is 8.78 Å². The van der Waals surface area contributed by atoms with Gasteiger partial charge < -0.3 is 9.64 Å². The summed E-state index contributed by atoms with van der Waals surface area (Å²) < 4.78 is 35.6. The van der Waals surface area contributed by atoms with Crippen LogP contribution in [0.25, 0.3) is 0 Å². The van der Waals surface area contributed by atoms with Gasteiger partial charge in [0, 0.05) is 31.6 Å². The molecule has 0 aliphatic carbocycles. The summed E-state index contributed by atoms with van der Waals surface area (Å²) in [7, 11) is 0. The maximum absolute atomic E-state index is 15.1. The quantitative estimate of drug-likeness (QED) is 0.712. The third-order valence-corrected chi connectivity index (χ3v) is 6.89. The minimum absolute atomic E-state index is 0.0801. The summed E-state index contributed by atoms with van der Waals surface area (Å²) in [6.07, 6.45) is 1.97. The van der Waals surface area contributed by atoms with E-state index in [9.17, 15) is 4.79 Å². The summed E-state index contributed by atoms with van der Waals surface area (Å²) in [4.78, 5) is 17.8. The Kier molecular flexibility index (Phi) is 6.03. The van der Waals surface area contributed by atoms with Crippen LogP contribution in [-0.2, 0) is 11.3 Å². The monoisotopic (exact) mass is 435 g/mol. The predicted molar refractivity (Wildman–Crippen MR) is 116 cm³/mol. The van der Waals surface area contributed by atoms with E-state index in [0.29, 0.717) is 45.7 Å². The van der Waals surface area contributed by atoms with Crippen molar-refractivity contribution < 1.29 is 18.3 Å². The summed E-state index contributed by atoms with van der Waals surface area (Å²) in [5.41, 5.74) is 0.664. The number of hydrogen-bond acceptors (Lipinski definition) is 4. The number of halogens is 2. The number of nitrogens with zero attached hydrogens (tertiary/aromatic N) is 3. The molecular formula is C24H35F2N3O2. The second-order valence-corrected chi connectivity index (χ2v) is 10.6. The lowest BCUT2D eigenvalue weighted by Crippen LogP contribution is -2.65. The van der Waals surface area contributed by atoms with Crippen molar-refractivity contribution >= 4 is 6.09 Å². The van der Waals surface area contributed by atoms with E-state index in [0.717, 1.165) is 18.4 Å². The first-order valence-electron chi connectivity index (χ1n) is 11.4. The molecule has 1 atom stereocenters. The van der Waals surface area contributed by atoms with Crippen LogP contribution in [0, 0.1) is 5.41 Å². The Morgan fingerprint density at radius 1 is 1.06 bits per heavy atom. The molecule has 0 bridgehead atoms. The molecule has 0 radical (unpaired) electrons. The highest BCUT2D eigenvalue weighted by molar-refractivity contribution is 5.69. The number of hydrogen-bond donors (Lipinski definition) is 0. The number of amides is 1. The lowest BCUT2D eigenvalue weighted by molar-refractivity contribution is -0.144. The van der Waals surface area contributed by atoms with E-state index in [2.05, 4.69) is 0 Å². The van der Waals surface area contributed by atoms with Crippen LogP contribution < -0.4 is 0 Å². The number of rotatable bonds is 3. The molecule has 4 rings (SSSR count). The predicted octanol–water partition coefficient (Wildman–Crippen LogP) is 4.23. The summed E-state index contributed by atoms with van der Waals surface area (Å²) in [6, 6.07) is 9.16. The van der Waals surface area contributed by atoms with Crippen molar-refractivity contribution in [1.29, 1.82) is 0 Å². The van der Waals surface area contributed by atoms with Gasteiger partial charge in [0.2, 0.25) is 0 Å². The van der Waals surface area contributed by atoms with Gasteiger partial charge in [-0.25, -0.2) is 13.6 Å². The third-order valence-electron chi connectivity index (χ3n) is 6.89. The molecule has 3 fully saturated rings. The minimum atomic E-state index is -2.71. The zero-order valence-electron chi connectivity index (χ0n) is 18.9. The Labute approximate surface area is 184 Å². The maximum Gasteiger partial charge on any atom is 0.410 e. The van der Waals surface area contributed by atoms with Gasteiger partial charge >= 0.3 is 6.09 Å². The zero-order valence-corrected chi connectivity index (χ0v) is 18.9. The highest BCUT2D eigenvalue weighted by Crippen LogP contribution is 2.43. The van der Waals surface area contributed by atoms with Gasteiger partial charge in [0.25, 0.3) is 5.92 Å². The summed E-state index contributed by atoms with van der Waals surface area (Å²) in [6.45, 7) is 9.42. The molecule has 0 saturated carbocycles. The summed E-state index contributed by atoms with van der Waals surface area (Å²) >= 11 is 0. The largest absolute Gasteiger partial charge is 0.444 e. The van der Waals surface area contributed by atoms with Gasteiger partial charge in [-0.05, 0) is 58.7 Å². The standard InChI is InChI=1S/C24H35F2N3O2/c1-22(2,3)31-21(30)29-16-23(17-29)10-13-28(14-11-23)20-9-12-27(18-24(20,25)26)15-19-7-5-4-6-8-19/h4-8,20H,9-18H2,1-3H3. The van der Waals surface area contributed by atoms with E-state index < -0.39 is 17.6 Å². The molecule has 5 nitrogen and oxygen atoms in total. The van der Waals surface area contributed by atoms with Crippen LogP contribution in [0.1, 0.15) is 45.6 Å². The van der Waals surface area contributed by atoms with Crippen LogP contribution in [0.2, 0.25) is 0 Å². The van der Waals surface area contributed by atoms with Crippen LogP contribution in [0.3, 0.4) is 0 Å². The molecule has 1 spiro atoms. The summed E-state index contributed by atoms with van der Waals surface area (Å²) in [5.74, 6) is -2.71. The third kappa shape index (κ3) is 5.20. The first-order chi connectivity index (χ1) is 14.6. The Morgan fingerprint density at radius 3 is 2.29 bits per heavy atom. The average Bonchev–Trinajstić information content (AvgIpc) is 2.65. The van der Waals surface area contributed by atoms with Crippen LogP contribution in [0.5, 0.6) is 0 Å². The van der Waals surface area contributed by atoms with Gasteiger partial charge in [-0.2, -0.15) is 0 Å². The highest BCUT2D eigenvalue weighted by Gasteiger charge is 2.52. The Balaban J connectivity index is 1.26. The molecule has 1 unspecified atom stereocenters.